The lowest BCUT2D eigenvalue weighted by Crippen LogP contribution is -2.46. The topological polar surface area (TPSA) is 50.8 Å². The van der Waals surface area contributed by atoms with E-state index in [-0.39, 0.29) is 6.10 Å². The fraction of sp³-hybridized carbons (Fsp3) is 0.316. The van der Waals surface area contributed by atoms with Crippen LogP contribution in [0, 0.1) is 0 Å². The zero-order chi connectivity index (χ0) is 17.2. The third-order valence-corrected chi connectivity index (χ3v) is 5.63. The molecule has 25 heavy (non-hydrogen) atoms. The molecule has 3 aliphatic rings. The fourth-order valence-electron chi connectivity index (χ4n) is 3.29. The van der Waals surface area contributed by atoms with Crippen LogP contribution in [-0.4, -0.2) is 43.8 Å². The molecule has 6 heteroatoms. The van der Waals surface area contributed by atoms with Crippen molar-refractivity contribution in [1.82, 2.24) is 4.90 Å². The van der Waals surface area contributed by atoms with Gasteiger partial charge in [0.05, 0.1) is 17.7 Å². The zero-order valence-corrected chi connectivity index (χ0v) is 14.8. The summed E-state index contributed by atoms with van der Waals surface area (Å²) in [4.78, 5) is 15.7. The molecule has 5 rings (SSSR count). The van der Waals surface area contributed by atoms with Gasteiger partial charge in [-0.15, -0.1) is 11.3 Å². The first kappa shape index (κ1) is 16.2. The first-order valence-corrected chi connectivity index (χ1v) is 9.22. The summed E-state index contributed by atoms with van der Waals surface area (Å²) in [5.41, 5.74) is 3.06. The average molecular weight is 356 g/mol. The van der Waals surface area contributed by atoms with Gasteiger partial charge in [0.1, 0.15) is 11.9 Å². The Kier molecular flexibility index (Phi) is 4.46. The number of nitrogens with one attached hydrogen (secondary N) is 1. The van der Waals surface area contributed by atoms with Gasteiger partial charge in [-0.2, -0.15) is 0 Å². The molecule has 0 radical (unpaired) electrons. The molecule has 1 amide bonds. The van der Waals surface area contributed by atoms with Crippen molar-refractivity contribution < 1.29 is 14.3 Å². The van der Waals surface area contributed by atoms with E-state index in [0.29, 0.717) is 0 Å². The number of fused-ring (bicyclic) bond motifs is 3. The van der Waals surface area contributed by atoms with Crippen LogP contribution in [0.25, 0.3) is 10.4 Å². The molecular formula is C19H20N2O3S. The van der Waals surface area contributed by atoms with Crippen molar-refractivity contribution in [2.45, 2.75) is 12.5 Å². The largest absolute Gasteiger partial charge is 0.497 e. The van der Waals surface area contributed by atoms with E-state index in [4.69, 9.17) is 9.47 Å². The second-order valence-electron chi connectivity index (χ2n) is 6.20. The molecule has 2 aromatic rings. The summed E-state index contributed by atoms with van der Waals surface area (Å²) in [5, 5.41) is 4.86. The van der Waals surface area contributed by atoms with E-state index in [9.17, 15) is 4.79 Å². The third kappa shape index (κ3) is 3.41. The minimum atomic E-state index is -0.396. The van der Waals surface area contributed by atoms with Gasteiger partial charge < -0.3 is 9.47 Å². The molecule has 2 bridgehead atoms. The number of methoxy groups -OCH3 is 1. The Labute approximate surface area is 150 Å². The highest BCUT2D eigenvalue weighted by Gasteiger charge is 2.30. The van der Waals surface area contributed by atoms with Gasteiger partial charge in [0.2, 0.25) is 0 Å². The molecule has 1 saturated heterocycles. The van der Waals surface area contributed by atoms with E-state index in [1.54, 1.807) is 18.4 Å². The number of nitrogens with zero attached hydrogens (tertiary/aromatic N) is 1. The number of benzene rings is 1. The molecule has 1 aromatic heterocycles. The second-order valence-corrected chi connectivity index (χ2v) is 7.12. The normalized spacial score (nSPS) is 21.6. The Hall–Kier alpha value is -2.31. The SMILES string of the molecule is COc1ccc(-c2sccc2NC(=O)OC2CN3CC=C2CC3)cc1. The Bertz CT molecular complexity index is 797. The molecule has 1 aromatic carbocycles. The van der Waals surface area contributed by atoms with Gasteiger partial charge >= 0.3 is 6.09 Å². The third-order valence-electron chi connectivity index (χ3n) is 4.67. The van der Waals surface area contributed by atoms with Gasteiger partial charge in [-0.1, -0.05) is 6.08 Å². The first-order valence-electron chi connectivity index (χ1n) is 8.34. The summed E-state index contributed by atoms with van der Waals surface area (Å²) in [6.07, 6.45) is 2.66. The summed E-state index contributed by atoms with van der Waals surface area (Å²) < 4.78 is 10.8. The standard InChI is InChI=1S/C19H20N2O3S/c1-23-15-4-2-14(3-5-15)18-16(8-11-25-18)20-19(22)24-17-12-21-9-6-13(17)7-10-21/h2-6,8,11,17H,7,9-10,12H2,1H3,(H,20,22). The summed E-state index contributed by atoms with van der Waals surface area (Å²) in [6.45, 7) is 2.84. The number of piperidine rings is 1. The molecule has 2 unspecified atom stereocenters. The molecule has 130 valence electrons. The Balaban J connectivity index is 1.44. The lowest BCUT2D eigenvalue weighted by Gasteiger charge is -2.38. The second kappa shape index (κ2) is 6.90. The van der Waals surface area contributed by atoms with Gasteiger partial charge in [-0.3, -0.25) is 10.2 Å². The van der Waals surface area contributed by atoms with Crippen molar-refractivity contribution in [2.24, 2.45) is 0 Å². The number of amides is 1. The lowest BCUT2D eigenvalue weighted by atomic mass is 9.96. The van der Waals surface area contributed by atoms with Gasteiger partial charge in [-0.05, 0) is 53.3 Å². The zero-order valence-electron chi connectivity index (χ0n) is 14.0. The van der Waals surface area contributed by atoms with Gasteiger partial charge in [-0.25, -0.2) is 4.79 Å². The van der Waals surface area contributed by atoms with Crippen LogP contribution in [0.3, 0.4) is 0 Å². The number of thiophene rings is 1. The maximum atomic E-state index is 12.3. The minimum absolute atomic E-state index is 0.120. The number of carbonyl (C=O) groups excluding carboxylic acids is 1. The molecule has 2 atom stereocenters. The molecule has 0 saturated carbocycles. The van der Waals surface area contributed by atoms with E-state index in [1.807, 2.05) is 35.7 Å². The molecular weight excluding hydrogens is 336 g/mol. The average Bonchev–Trinajstić information content (AvgIpc) is 3.10. The molecule has 3 aliphatic heterocycles. The van der Waals surface area contributed by atoms with Crippen molar-refractivity contribution in [2.75, 3.05) is 32.1 Å². The molecule has 4 heterocycles. The van der Waals surface area contributed by atoms with Crippen LogP contribution in [0.1, 0.15) is 6.42 Å². The monoisotopic (exact) mass is 356 g/mol. The smallest absolute Gasteiger partial charge is 0.412 e. The van der Waals surface area contributed by atoms with Gasteiger partial charge in [0, 0.05) is 19.6 Å². The molecule has 0 aliphatic carbocycles. The van der Waals surface area contributed by atoms with Crippen LogP contribution in [0.5, 0.6) is 5.75 Å². The van der Waals surface area contributed by atoms with E-state index in [0.717, 1.165) is 47.9 Å². The van der Waals surface area contributed by atoms with Crippen molar-refractivity contribution in [3.8, 4) is 16.2 Å². The summed E-state index contributed by atoms with van der Waals surface area (Å²) in [7, 11) is 1.65. The lowest BCUT2D eigenvalue weighted by molar-refractivity contribution is 0.0762. The Morgan fingerprint density at radius 1 is 1.28 bits per heavy atom. The predicted octanol–water partition coefficient (Wildman–Crippen LogP) is 3.99. The van der Waals surface area contributed by atoms with Gasteiger partial charge in [0.15, 0.2) is 0 Å². The van der Waals surface area contributed by atoms with Crippen molar-refractivity contribution in [3.05, 3.63) is 47.4 Å². The predicted molar refractivity (Wildman–Crippen MR) is 99.3 cm³/mol. The van der Waals surface area contributed by atoms with Crippen LogP contribution in [0.2, 0.25) is 0 Å². The van der Waals surface area contributed by atoms with Crippen LogP contribution in [0.4, 0.5) is 10.5 Å². The van der Waals surface area contributed by atoms with E-state index in [2.05, 4.69) is 16.3 Å². The Morgan fingerprint density at radius 3 is 2.76 bits per heavy atom. The molecule has 1 fully saturated rings. The number of hydrogen-bond donors (Lipinski definition) is 1. The van der Waals surface area contributed by atoms with Crippen LogP contribution < -0.4 is 10.1 Å². The fourth-order valence-corrected chi connectivity index (χ4v) is 4.15. The van der Waals surface area contributed by atoms with Crippen molar-refractivity contribution >= 4 is 23.1 Å². The number of rotatable bonds is 4. The van der Waals surface area contributed by atoms with Crippen LogP contribution >= 0.6 is 11.3 Å². The van der Waals surface area contributed by atoms with E-state index < -0.39 is 6.09 Å². The summed E-state index contributed by atoms with van der Waals surface area (Å²) >= 11 is 1.59. The van der Waals surface area contributed by atoms with Crippen LogP contribution in [-0.2, 0) is 4.74 Å². The quantitative estimate of drug-likeness (QED) is 0.842. The van der Waals surface area contributed by atoms with Crippen LogP contribution in [0.15, 0.2) is 47.4 Å². The highest BCUT2D eigenvalue weighted by molar-refractivity contribution is 7.14. The number of hydrogen-bond acceptors (Lipinski definition) is 5. The highest BCUT2D eigenvalue weighted by Crippen LogP contribution is 2.35. The maximum absolute atomic E-state index is 12.3. The summed E-state index contributed by atoms with van der Waals surface area (Å²) in [5.74, 6) is 0.810. The number of ether oxygens (including phenoxy) is 2. The van der Waals surface area contributed by atoms with Crippen molar-refractivity contribution in [3.63, 3.8) is 0 Å². The van der Waals surface area contributed by atoms with Gasteiger partial charge in [0.25, 0.3) is 0 Å². The Morgan fingerprint density at radius 2 is 2.12 bits per heavy atom. The number of anilines is 1. The number of carbonyl (C=O) groups is 1. The molecule has 1 N–H and O–H groups in total. The summed E-state index contributed by atoms with van der Waals surface area (Å²) in [6, 6.07) is 9.70. The first-order chi connectivity index (χ1) is 12.2. The van der Waals surface area contributed by atoms with Crippen molar-refractivity contribution in [1.29, 1.82) is 0 Å². The molecule has 0 spiro atoms. The van der Waals surface area contributed by atoms with E-state index >= 15 is 0 Å². The highest BCUT2D eigenvalue weighted by atomic mass is 32.1. The maximum Gasteiger partial charge on any atom is 0.412 e. The minimum Gasteiger partial charge on any atom is -0.497 e. The molecule has 5 nitrogen and oxygen atoms in total. The van der Waals surface area contributed by atoms with E-state index in [1.165, 1.54) is 5.57 Å².